The standard InChI is InChI=1S/C30H40N4O6/c1-18-26(28(36)37)21-8-6-7-9-24(21)34(18)23(11-10-20-16-25(39-5)22(17-31)27(35)32-20)19-12-14-33(15-13-19)29(38)40-30(2,3)4/h6-9,16,19,23H,10-15,17,31H2,1-5H3,(H,32,35)(H,36,37). The Balaban J connectivity index is 1.69. The lowest BCUT2D eigenvalue weighted by Gasteiger charge is -2.38. The number of carbonyl (C=O) groups is 2. The van der Waals surface area contributed by atoms with Gasteiger partial charge in [0.15, 0.2) is 0 Å². The molecular formula is C30H40N4O6. The number of aromatic amines is 1. The number of carboxylic acid groups (broad SMARTS) is 1. The summed E-state index contributed by atoms with van der Waals surface area (Å²) >= 11 is 0. The molecule has 1 unspecified atom stereocenters. The average Bonchev–Trinajstić information content (AvgIpc) is 3.19. The number of para-hydroxylation sites is 1. The first-order valence-electron chi connectivity index (χ1n) is 13.7. The van der Waals surface area contributed by atoms with Gasteiger partial charge >= 0.3 is 12.1 Å². The van der Waals surface area contributed by atoms with Crippen molar-refractivity contribution in [2.24, 2.45) is 11.7 Å². The maximum atomic E-state index is 12.7. The molecule has 1 atom stereocenters. The second kappa shape index (κ2) is 11.8. The summed E-state index contributed by atoms with van der Waals surface area (Å²) in [5.74, 6) is -0.330. The van der Waals surface area contributed by atoms with Crippen molar-refractivity contribution in [1.82, 2.24) is 14.5 Å². The Kier molecular flexibility index (Phi) is 8.58. The van der Waals surface area contributed by atoms with Gasteiger partial charge < -0.3 is 34.8 Å². The minimum atomic E-state index is -0.961. The van der Waals surface area contributed by atoms with Gasteiger partial charge in [0.25, 0.3) is 5.56 Å². The van der Waals surface area contributed by atoms with Gasteiger partial charge in [0.2, 0.25) is 0 Å². The molecule has 1 fully saturated rings. The molecule has 216 valence electrons. The van der Waals surface area contributed by atoms with E-state index < -0.39 is 11.6 Å². The van der Waals surface area contributed by atoms with Crippen LogP contribution in [-0.2, 0) is 17.7 Å². The van der Waals surface area contributed by atoms with Gasteiger partial charge in [-0.05, 0) is 65.4 Å². The predicted octanol–water partition coefficient (Wildman–Crippen LogP) is 4.62. The molecule has 0 radical (unpaired) electrons. The maximum Gasteiger partial charge on any atom is 0.410 e. The molecule has 1 aromatic carbocycles. The van der Waals surface area contributed by atoms with Crippen molar-refractivity contribution in [2.45, 2.75) is 71.6 Å². The number of H-pyrrole nitrogens is 1. The Labute approximate surface area is 234 Å². The largest absolute Gasteiger partial charge is 0.496 e. The van der Waals surface area contributed by atoms with Gasteiger partial charge in [-0.15, -0.1) is 0 Å². The van der Waals surface area contributed by atoms with E-state index in [1.165, 1.54) is 7.11 Å². The van der Waals surface area contributed by atoms with Crippen LogP contribution in [0.4, 0.5) is 4.79 Å². The molecule has 3 heterocycles. The van der Waals surface area contributed by atoms with Crippen LogP contribution in [-0.4, -0.2) is 57.4 Å². The van der Waals surface area contributed by atoms with Gasteiger partial charge in [-0.25, -0.2) is 9.59 Å². The molecule has 4 N–H and O–H groups in total. The Morgan fingerprint density at radius 1 is 1.20 bits per heavy atom. The van der Waals surface area contributed by atoms with E-state index in [4.69, 9.17) is 15.2 Å². The van der Waals surface area contributed by atoms with E-state index in [9.17, 15) is 19.5 Å². The summed E-state index contributed by atoms with van der Waals surface area (Å²) in [7, 11) is 1.52. The first-order chi connectivity index (χ1) is 18.9. The lowest BCUT2D eigenvalue weighted by molar-refractivity contribution is 0.0160. The van der Waals surface area contributed by atoms with Crippen molar-refractivity contribution in [3.8, 4) is 5.75 Å². The number of carboxylic acids is 1. The highest BCUT2D eigenvalue weighted by atomic mass is 16.6. The van der Waals surface area contributed by atoms with Gasteiger partial charge in [-0.3, -0.25) is 4.79 Å². The highest BCUT2D eigenvalue weighted by Gasteiger charge is 2.34. The lowest BCUT2D eigenvalue weighted by Crippen LogP contribution is -2.43. The number of methoxy groups -OCH3 is 1. The Hall–Kier alpha value is -3.79. The minimum absolute atomic E-state index is 0.0672. The summed E-state index contributed by atoms with van der Waals surface area (Å²) in [6.45, 7) is 8.59. The highest BCUT2D eigenvalue weighted by molar-refractivity contribution is 6.05. The number of aromatic carboxylic acids is 1. The Bertz CT molecular complexity index is 1440. The molecule has 4 rings (SSSR count). The summed E-state index contributed by atoms with van der Waals surface area (Å²) in [5.41, 5.74) is 7.89. The van der Waals surface area contributed by atoms with Crippen molar-refractivity contribution in [1.29, 1.82) is 0 Å². The van der Waals surface area contributed by atoms with E-state index in [2.05, 4.69) is 9.55 Å². The number of aryl methyl sites for hydroxylation is 1. The Morgan fingerprint density at radius 2 is 1.88 bits per heavy atom. The summed E-state index contributed by atoms with van der Waals surface area (Å²) in [5, 5.41) is 10.8. The molecule has 1 aliphatic rings. The van der Waals surface area contributed by atoms with Crippen LogP contribution in [0, 0.1) is 12.8 Å². The van der Waals surface area contributed by atoms with Gasteiger partial charge in [-0.2, -0.15) is 0 Å². The van der Waals surface area contributed by atoms with Gasteiger partial charge in [-0.1, -0.05) is 18.2 Å². The lowest BCUT2D eigenvalue weighted by atomic mass is 9.86. The fourth-order valence-electron chi connectivity index (χ4n) is 5.89. The number of pyridine rings is 1. The maximum absolute atomic E-state index is 12.7. The zero-order valence-corrected chi connectivity index (χ0v) is 24.0. The van der Waals surface area contributed by atoms with Crippen LogP contribution in [0.3, 0.4) is 0 Å². The van der Waals surface area contributed by atoms with E-state index >= 15 is 0 Å². The number of piperidine rings is 1. The summed E-state index contributed by atoms with van der Waals surface area (Å²) in [6, 6.07) is 9.32. The minimum Gasteiger partial charge on any atom is -0.496 e. The summed E-state index contributed by atoms with van der Waals surface area (Å²) < 4.78 is 13.2. The van der Waals surface area contributed by atoms with Crippen LogP contribution in [0.2, 0.25) is 0 Å². The number of hydrogen-bond donors (Lipinski definition) is 3. The number of rotatable bonds is 8. The third-order valence-corrected chi connectivity index (χ3v) is 7.72. The molecular weight excluding hydrogens is 512 g/mol. The van der Waals surface area contributed by atoms with Crippen molar-refractivity contribution in [3.05, 3.63) is 63.2 Å². The number of likely N-dealkylation sites (tertiary alicyclic amines) is 1. The molecule has 40 heavy (non-hydrogen) atoms. The number of nitrogens with two attached hydrogens (primary N) is 1. The molecule has 2 aromatic heterocycles. The third kappa shape index (κ3) is 6.01. The van der Waals surface area contributed by atoms with Gasteiger partial charge in [0.1, 0.15) is 11.4 Å². The molecule has 3 aromatic rings. The van der Waals surface area contributed by atoms with Crippen molar-refractivity contribution >= 4 is 23.0 Å². The quantitative estimate of drug-likeness (QED) is 0.370. The second-order valence-corrected chi connectivity index (χ2v) is 11.4. The van der Waals surface area contributed by atoms with Crippen LogP contribution >= 0.6 is 0 Å². The van der Waals surface area contributed by atoms with Gasteiger partial charge in [0, 0.05) is 54.0 Å². The number of ether oxygens (including phenoxy) is 2. The molecule has 1 amide bonds. The van der Waals surface area contributed by atoms with Crippen LogP contribution in [0.15, 0.2) is 35.1 Å². The zero-order chi connectivity index (χ0) is 29.2. The van der Waals surface area contributed by atoms with Crippen molar-refractivity contribution < 1.29 is 24.2 Å². The third-order valence-electron chi connectivity index (χ3n) is 7.72. The molecule has 10 heteroatoms. The number of carbonyl (C=O) groups excluding carboxylic acids is 1. The van der Waals surface area contributed by atoms with E-state index in [0.29, 0.717) is 53.9 Å². The number of fused-ring (bicyclic) bond motifs is 1. The smallest absolute Gasteiger partial charge is 0.410 e. The van der Waals surface area contributed by atoms with Crippen LogP contribution in [0.5, 0.6) is 5.75 Å². The van der Waals surface area contributed by atoms with Crippen LogP contribution < -0.4 is 16.0 Å². The van der Waals surface area contributed by atoms with E-state index in [1.54, 1.807) is 4.90 Å². The normalized spacial score (nSPS) is 15.3. The topological polar surface area (TPSA) is 140 Å². The molecule has 0 bridgehead atoms. The zero-order valence-electron chi connectivity index (χ0n) is 24.0. The number of hydrogen-bond acceptors (Lipinski definition) is 6. The fourth-order valence-corrected chi connectivity index (χ4v) is 5.89. The fraction of sp³-hybridized carbons (Fsp3) is 0.500. The summed E-state index contributed by atoms with van der Waals surface area (Å²) in [4.78, 5) is 42.3. The molecule has 1 saturated heterocycles. The van der Waals surface area contributed by atoms with Gasteiger partial charge in [0.05, 0.1) is 18.2 Å². The van der Waals surface area contributed by atoms with Crippen molar-refractivity contribution in [2.75, 3.05) is 20.2 Å². The SMILES string of the molecule is COc1cc(CCC(C2CCN(C(=O)OC(C)(C)C)CC2)n2c(C)c(C(=O)O)c3ccccc32)[nH]c(=O)c1CN. The highest BCUT2D eigenvalue weighted by Crippen LogP contribution is 2.38. The number of benzene rings is 1. The second-order valence-electron chi connectivity index (χ2n) is 11.4. The van der Waals surface area contributed by atoms with E-state index in [-0.39, 0.29) is 30.2 Å². The molecule has 0 spiro atoms. The monoisotopic (exact) mass is 552 g/mol. The number of amides is 1. The number of aromatic nitrogens is 2. The van der Waals surface area contributed by atoms with Crippen molar-refractivity contribution in [3.63, 3.8) is 0 Å². The molecule has 1 aliphatic heterocycles. The average molecular weight is 553 g/mol. The molecule has 10 nitrogen and oxygen atoms in total. The first-order valence-corrected chi connectivity index (χ1v) is 13.7. The Morgan fingerprint density at radius 3 is 2.48 bits per heavy atom. The predicted molar refractivity (Wildman–Crippen MR) is 153 cm³/mol. The van der Waals surface area contributed by atoms with Crippen LogP contribution in [0.1, 0.15) is 73.4 Å². The first kappa shape index (κ1) is 29.2. The molecule has 0 saturated carbocycles. The van der Waals surface area contributed by atoms with E-state index in [0.717, 1.165) is 24.1 Å². The number of nitrogens with zero attached hydrogens (tertiary/aromatic N) is 2. The van der Waals surface area contributed by atoms with Crippen LogP contribution in [0.25, 0.3) is 10.9 Å². The van der Waals surface area contributed by atoms with E-state index in [1.807, 2.05) is 58.0 Å². The molecule has 0 aliphatic carbocycles. The summed E-state index contributed by atoms with van der Waals surface area (Å²) in [6.07, 6.45) is 2.36. The number of nitrogens with one attached hydrogen (secondary N) is 1.